The van der Waals surface area contributed by atoms with Crippen molar-refractivity contribution in [1.29, 1.82) is 0 Å². The van der Waals surface area contributed by atoms with Gasteiger partial charge < -0.3 is 0 Å². The predicted molar refractivity (Wildman–Crippen MR) is 90.2 cm³/mol. The van der Waals surface area contributed by atoms with E-state index < -0.39 is 5.91 Å². The van der Waals surface area contributed by atoms with Gasteiger partial charge in [0.15, 0.2) is 0 Å². The second-order valence-corrected chi connectivity index (χ2v) is 5.29. The summed E-state index contributed by atoms with van der Waals surface area (Å²) in [4.78, 5) is 12.0. The fraction of sp³-hybridized carbons (Fsp3) is 0.0556. The SMILES string of the molecule is Cc1ccc(-c2cc(C(=O)NN=Cc3cccc(F)c3)[nH]n2)cc1. The second-order valence-electron chi connectivity index (χ2n) is 5.29. The molecule has 1 heterocycles. The molecule has 0 atom stereocenters. The molecule has 1 aromatic heterocycles. The Morgan fingerprint density at radius 2 is 2.00 bits per heavy atom. The highest BCUT2D eigenvalue weighted by Gasteiger charge is 2.10. The first-order valence-electron chi connectivity index (χ1n) is 7.33. The lowest BCUT2D eigenvalue weighted by Gasteiger charge is -1.97. The van der Waals surface area contributed by atoms with Crippen molar-refractivity contribution in [3.63, 3.8) is 0 Å². The maximum Gasteiger partial charge on any atom is 0.289 e. The monoisotopic (exact) mass is 322 g/mol. The minimum Gasteiger partial charge on any atom is -0.272 e. The number of rotatable bonds is 4. The Kier molecular flexibility index (Phi) is 4.47. The summed E-state index contributed by atoms with van der Waals surface area (Å²) in [6, 6.07) is 15.4. The Bertz CT molecular complexity index is 884. The van der Waals surface area contributed by atoms with E-state index in [1.807, 2.05) is 31.2 Å². The zero-order valence-corrected chi connectivity index (χ0v) is 13.0. The number of carbonyl (C=O) groups excluding carboxylic acids is 1. The van der Waals surface area contributed by atoms with Crippen LogP contribution in [-0.2, 0) is 0 Å². The summed E-state index contributed by atoms with van der Waals surface area (Å²) in [5, 5.41) is 10.6. The Morgan fingerprint density at radius 1 is 1.21 bits per heavy atom. The van der Waals surface area contributed by atoms with E-state index in [0.717, 1.165) is 11.1 Å². The molecule has 0 radical (unpaired) electrons. The summed E-state index contributed by atoms with van der Waals surface area (Å²) in [5.41, 5.74) is 5.97. The second kappa shape index (κ2) is 6.87. The molecule has 5 nitrogen and oxygen atoms in total. The van der Waals surface area contributed by atoms with Crippen molar-refractivity contribution in [2.45, 2.75) is 6.92 Å². The number of aryl methyl sites for hydroxylation is 1. The third-order valence-corrected chi connectivity index (χ3v) is 3.40. The number of hydrogen-bond acceptors (Lipinski definition) is 3. The maximum atomic E-state index is 13.0. The van der Waals surface area contributed by atoms with E-state index in [1.54, 1.807) is 18.2 Å². The van der Waals surface area contributed by atoms with Crippen LogP contribution in [0.2, 0.25) is 0 Å². The molecule has 3 rings (SSSR count). The summed E-state index contributed by atoms with van der Waals surface area (Å²) < 4.78 is 13.0. The van der Waals surface area contributed by atoms with Gasteiger partial charge in [-0.2, -0.15) is 10.2 Å². The van der Waals surface area contributed by atoms with Gasteiger partial charge in [-0.3, -0.25) is 9.89 Å². The van der Waals surface area contributed by atoms with E-state index >= 15 is 0 Å². The van der Waals surface area contributed by atoms with Gasteiger partial charge in [-0.1, -0.05) is 42.0 Å². The van der Waals surface area contributed by atoms with Gasteiger partial charge in [0.25, 0.3) is 5.91 Å². The zero-order chi connectivity index (χ0) is 16.9. The van der Waals surface area contributed by atoms with Crippen LogP contribution < -0.4 is 5.43 Å². The number of benzene rings is 2. The number of carbonyl (C=O) groups is 1. The average molecular weight is 322 g/mol. The van der Waals surface area contributed by atoms with E-state index in [-0.39, 0.29) is 5.82 Å². The lowest BCUT2D eigenvalue weighted by atomic mass is 10.1. The molecule has 2 N–H and O–H groups in total. The summed E-state index contributed by atoms with van der Waals surface area (Å²) in [5.74, 6) is -0.782. The molecular formula is C18H15FN4O. The Hall–Kier alpha value is -3.28. The molecule has 6 heteroatoms. The largest absolute Gasteiger partial charge is 0.289 e. The van der Waals surface area contributed by atoms with Crippen LogP contribution in [0.3, 0.4) is 0 Å². The van der Waals surface area contributed by atoms with Crippen LogP contribution in [0.1, 0.15) is 21.6 Å². The Balaban J connectivity index is 1.66. The predicted octanol–water partition coefficient (Wildman–Crippen LogP) is 3.29. The molecule has 0 aliphatic heterocycles. The third kappa shape index (κ3) is 3.73. The number of hydrazone groups is 1. The van der Waals surface area contributed by atoms with Crippen molar-refractivity contribution < 1.29 is 9.18 Å². The van der Waals surface area contributed by atoms with Crippen LogP contribution >= 0.6 is 0 Å². The number of nitrogens with one attached hydrogen (secondary N) is 2. The molecular weight excluding hydrogens is 307 g/mol. The van der Waals surface area contributed by atoms with Gasteiger partial charge in [-0.25, -0.2) is 9.82 Å². The lowest BCUT2D eigenvalue weighted by molar-refractivity contribution is 0.0950. The molecule has 0 saturated carbocycles. The fourth-order valence-corrected chi connectivity index (χ4v) is 2.12. The van der Waals surface area contributed by atoms with Gasteiger partial charge in [-0.05, 0) is 30.7 Å². The summed E-state index contributed by atoms with van der Waals surface area (Å²) in [7, 11) is 0. The van der Waals surface area contributed by atoms with Crippen molar-refractivity contribution in [3.05, 3.63) is 77.2 Å². The van der Waals surface area contributed by atoms with Crippen LogP contribution in [-0.4, -0.2) is 22.3 Å². The average Bonchev–Trinajstić information content (AvgIpc) is 3.05. The van der Waals surface area contributed by atoms with Gasteiger partial charge in [0.2, 0.25) is 0 Å². The highest BCUT2D eigenvalue weighted by Crippen LogP contribution is 2.18. The number of aromatic amines is 1. The molecule has 0 aliphatic rings. The number of aromatic nitrogens is 2. The van der Waals surface area contributed by atoms with Gasteiger partial charge >= 0.3 is 0 Å². The molecule has 0 aliphatic carbocycles. The molecule has 1 amide bonds. The minimum atomic E-state index is -0.423. The van der Waals surface area contributed by atoms with Gasteiger partial charge in [0.1, 0.15) is 11.5 Å². The van der Waals surface area contributed by atoms with Crippen LogP contribution in [0.15, 0.2) is 59.7 Å². The summed E-state index contributed by atoms with van der Waals surface area (Å²) in [6.45, 7) is 2.00. The van der Waals surface area contributed by atoms with Crippen molar-refractivity contribution >= 4 is 12.1 Å². The first-order valence-corrected chi connectivity index (χ1v) is 7.33. The summed E-state index contributed by atoms with van der Waals surface area (Å²) >= 11 is 0. The van der Waals surface area contributed by atoms with Crippen LogP contribution in [0, 0.1) is 12.7 Å². The zero-order valence-electron chi connectivity index (χ0n) is 13.0. The third-order valence-electron chi connectivity index (χ3n) is 3.40. The number of hydrogen-bond donors (Lipinski definition) is 2. The normalized spacial score (nSPS) is 10.9. The van der Waals surface area contributed by atoms with Gasteiger partial charge in [0, 0.05) is 5.56 Å². The Morgan fingerprint density at radius 3 is 2.75 bits per heavy atom. The molecule has 0 unspecified atom stereocenters. The van der Waals surface area contributed by atoms with E-state index in [9.17, 15) is 9.18 Å². The van der Waals surface area contributed by atoms with Gasteiger partial charge in [-0.15, -0.1) is 0 Å². The molecule has 0 spiro atoms. The van der Waals surface area contributed by atoms with E-state index in [4.69, 9.17) is 0 Å². The molecule has 2 aromatic carbocycles. The highest BCUT2D eigenvalue weighted by atomic mass is 19.1. The van der Waals surface area contributed by atoms with E-state index in [2.05, 4.69) is 20.7 Å². The fourth-order valence-electron chi connectivity index (χ4n) is 2.12. The number of halogens is 1. The molecule has 120 valence electrons. The first-order chi connectivity index (χ1) is 11.6. The first kappa shape index (κ1) is 15.6. The van der Waals surface area contributed by atoms with Crippen molar-refractivity contribution in [2.75, 3.05) is 0 Å². The standard InChI is InChI=1S/C18H15FN4O/c1-12-5-7-14(8-6-12)16-10-17(22-21-16)18(24)23-20-11-13-3-2-4-15(19)9-13/h2-11H,1H3,(H,21,22)(H,23,24). The van der Waals surface area contributed by atoms with E-state index in [0.29, 0.717) is 17.0 Å². The van der Waals surface area contributed by atoms with Crippen LogP contribution in [0.5, 0.6) is 0 Å². The highest BCUT2D eigenvalue weighted by molar-refractivity contribution is 5.94. The Labute approximate surface area is 138 Å². The molecule has 0 fully saturated rings. The molecule has 24 heavy (non-hydrogen) atoms. The maximum absolute atomic E-state index is 13.0. The van der Waals surface area contributed by atoms with Gasteiger partial charge in [0.05, 0.1) is 11.9 Å². The lowest BCUT2D eigenvalue weighted by Crippen LogP contribution is -2.18. The smallest absolute Gasteiger partial charge is 0.272 e. The molecule has 0 bridgehead atoms. The number of nitrogens with zero attached hydrogens (tertiary/aromatic N) is 2. The van der Waals surface area contributed by atoms with Crippen molar-refractivity contribution in [3.8, 4) is 11.3 Å². The number of amides is 1. The number of H-pyrrole nitrogens is 1. The quantitative estimate of drug-likeness (QED) is 0.571. The molecule has 0 saturated heterocycles. The molecule has 3 aromatic rings. The van der Waals surface area contributed by atoms with Crippen LogP contribution in [0.25, 0.3) is 11.3 Å². The topological polar surface area (TPSA) is 70.1 Å². The van der Waals surface area contributed by atoms with Crippen molar-refractivity contribution in [1.82, 2.24) is 15.6 Å². The summed E-state index contributed by atoms with van der Waals surface area (Å²) in [6.07, 6.45) is 1.37. The van der Waals surface area contributed by atoms with Crippen LogP contribution in [0.4, 0.5) is 4.39 Å². The minimum absolute atomic E-state index is 0.293. The van der Waals surface area contributed by atoms with Crippen molar-refractivity contribution in [2.24, 2.45) is 5.10 Å². The van der Waals surface area contributed by atoms with E-state index in [1.165, 1.54) is 18.3 Å².